The number of nitro groups is 1. The maximum atomic E-state index is 12.2. The summed E-state index contributed by atoms with van der Waals surface area (Å²) in [6, 6.07) is 13.7. The molecule has 25 heavy (non-hydrogen) atoms. The quantitative estimate of drug-likeness (QED) is 0.440. The van der Waals surface area contributed by atoms with Crippen LogP contribution in [0.4, 0.5) is 5.69 Å². The lowest BCUT2D eigenvalue weighted by molar-refractivity contribution is -0.385. The Balaban J connectivity index is 1.83. The van der Waals surface area contributed by atoms with Crippen LogP contribution >= 0.6 is 0 Å². The van der Waals surface area contributed by atoms with Gasteiger partial charge in [0.05, 0.1) is 11.1 Å². The van der Waals surface area contributed by atoms with Crippen LogP contribution in [0, 0.1) is 10.1 Å². The van der Waals surface area contributed by atoms with E-state index in [0.717, 1.165) is 23.0 Å². The summed E-state index contributed by atoms with van der Waals surface area (Å²) in [5, 5.41) is 16.0. The number of fused-ring (bicyclic) bond motifs is 1. The minimum Gasteiger partial charge on any atom is -0.347 e. The fraction of sp³-hybridized carbons (Fsp3) is 0.111. The molecule has 0 unspecified atom stereocenters. The van der Waals surface area contributed by atoms with E-state index in [1.807, 2.05) is 37.4 Å². The van der Waals surface area contributed by atoms with Crippen LogP contribution in [0.15, 0.2) is 59.8 Å². The summed E-state index contributed by atoms with van der Waals surface area (Å²) in [7, 11) is 0. The smallest absolute Gasteiger partial charge is 0.282 e. The standard InChI is InChI=1S/C18H16N4O3/c1-2-21-12-13(14-7-3-5-9-16(14)21)11-19-20-18(23)15-8-4-6-10-17(15)22(24)25/h3-12H,2H2,1H3,(H,20,23)/b19-11-. The minimum absolute atomic E-state index is 0.0272. The Bertz CT molecular complexity index is 975. The molecule has 0 saturated heterocycles. The Hall–Kier alpha value is -3.48. The third-order valence-corrected chi connectivity index (χ3v) is 3.88. The van der Waals surface area contributed by atoms with Crippen LogP contribution in [0.3, 0.4) is 0 Å². The van der Waals surface area contributed by atoms with Gasteiger partial charge in [-0.1, -0.05) is 30.3 Å². The van der Waals surface area contributed by atoms with Gasteiger partial charge < -0.3 is 4.57 Å². The van der Waals surface area contributed by atoms with Crippen molar-refractivity contribution in [3.8, 4) is 0 Å². The summed E-state index contributed by atoms with van der Waals surface area (Å²) in [6.07, 6.45) is 3.49. The van der Waals surface area contributed by atoms with Gasteiger partial charge in [-0.05, 0) is 19.1 Å². The Kier molecular flexibility index (Phi) is 4.56. The number of para-hydroxylation sites is 2. The molecule has 0 bridgehead atoms. The molecule has 0 aliphatic carbocycles. The second-order valence-corrected chi connectivity index (χ2v) is 5.36. The minimum atomic E-state index is -0.622. The molecular formula is C18H16N4O3. The Labute approximate surface area is 143 Å². The lowest BCUT2D eigenvalue weighted by Gasteiger charge is -2.00. The second-order valence-electron chi connectivity index (χ2n) is 5.36. The van der Waals surface area contributed by atoms with Gasteiger partial charge in [0.2, 0.25) is 0 Å². The zero-order valence-electron chi connectivity index (χ0n) is 13.5. The average Bonchev–Trinajstić information content (AvgIpc) is 2.99. The van der Waals surface area contributed by atoms with Crippen LogP contribution in [0.5, 0.6) is 0 Å². The monoisotopic (exact) mass is 336 g/mol. The van der Waals surface area contributed by atoms with Gasteiger partial charge in [-0.3, -0.25) is 14.9 Å². The van der Waals surface area contributed by atoms with E-state index in [4.69, 9.17) is 0 Å². The van der Waals surface area contributed by atoms with Crippen molar-refractivity contribution in [2.24, 2.45) is 5.10 Å². The van der Waals surface area contributed by atoms with Crippen molar-refractivity contribution in [2.75, 3.05) is 0 Å². The molecule has 126 valence electrons. The van der Waals surface area contributed by atoms with Crippen molar-refractivity contribution < 1.29 is 9.72 Å². The van der Waals surface area contributed by atoms with E-state index in [1.54, 1.807) is 12.3 Å². The highest BCUT2D eigenvalue weighted by Crippen LogP contribution is 2.20. The molecule has 0 saturated carbocycles. The van der Waals surface area contributed by atoms with Gasteiger partial charge >= 0.3 is 0 Å². The zero-order chi connectivity index (χ0) is 17.8. The van der Waals surface area contributed by atoms with E-state index in [9.17, 15) is 14.9 Å². The van der Waals surface area contributed by atoms with Gasteiger partial charge in [0.15, 0.2) is 0 Å². The number of hydrazone groups is 1. The number of hydrogen-bond acceptors (Lipinski definition) is 4. The third-order valence-electron chi connectivity index (χ3n) is 3.88. The maximum absolute atomic E-state index is 12.2. The number of carbonyl (C=O) groups excluding carboxylic acids is 1. The van der Waals surface area contributed by atoms with Gasteiger partial charge in [0.25, 0.3) is 11.6 Å². The largest absolute Gasteiger partial charge is 0.347 e. The SMILES string of the molecule is CCn1cc(/C=N\NC(=O)c2ccccc2[N+](=O)[O-])c2ccccc21. The van der Waals surface area contributed by atoms with Gasteiger partial charge in [-0.2, -0.15) is 5.10 Å². The first kappa shape index (κ1) is 16.4. The predicted octanol–water partition coefficient (Wildman–Crippen LogP) is 3.33. The maximum Gasteiger partial charge on any atom is 0.282 e. The van der Waals surface area contributed by atoms with E-state index < -0.39 is 10.8 Å². The van der Waals surface area contributed by atoms with Crippen molar-refractivity contribution in [1.29, 1.82) is 0 Å². The van der Waals surface area contributed by atoms with Crippen molar-refractivity contribution in [3.05, 3.63) is 76.0 Å². The summed E-state index contributed by atoms with van der Waals surface area (Å²) < 4.78 is 2.08. The molecule has 1 amide bonds. The molecule has 0 aliphatic heterocycles. The molecule has 3 aromatic rings. The van der Waals surface area contributed by atoms with Crippen molar-refractivity contribution in [2.45, 2.75) is 13.5 Å². The number of benzene rings is 2. The Morgan fingerprint density at radius 1 is 1.24 bits per heavy atom. The molecule has 0 fully saturated rings. The van der Waals surface area contributed by atoms with E-state index in [0.29, 0.717) is 0 Å². The third kappa shape index (κ3) is 3.25. The number of aromatic nitrogens is 1. The molecule has 2 aromatic carbocycles. The van der Waals surface area contributed by atoms with Crippen LogP contribution < -0.4 is 5.43 Å². The van der Waals surface area contributed by atoms with E-state index >= 15 is 0 Å². The summed E-state index contributed by atoms with van der Waals surface area (Å²) in [5.41, 5.74) is 4.01. The van der Waals surface area contributed by atoms with Gasteiger partial charge in [0, 0.05) is 35.3 Å². The molecule has 0 aliphatic rings. The summed E-state index contributed by atoms with van der Waals surface area (Å²) in [5.74, 6) is -0.622. The first-order valence-corrected chi connectivity index (χ1v) is 7.76. The van der Waals surface area contributed by atoms with Gasteiger partial charge in [-0.25, -0.2) is 5.43 Å². The molecule has 1 aromatic heterocycles. The highest BCUT2D eigenvalue weighted by molar-refractivity contribution is 6.01. The topological polar surface area (TPSA) is 89.5 Å². The number of hydrogen-bond donors (Lipinski definition) is 1. The van der Waals surface area contributed by atoms with Crippen LogP contribution in [0.2, 0.25) is 0 Å². The Morgan fingerprint density at radius 2 is 1.96 bits per heavy atom. The second kappa shape index (κ2) is 6.96. The molecule has 7 heteroatoms. The summed E-state index contributed by atoms with van der Waals surface area (Å²) in [4.78, 5) is 22.5. The number of nitrogens with zero attached hydrogens (tertiary/aromatic N) is 3. The number of aryl methyl sites for hydroxylation is 1. The average molecular weight is 336 g/mol. The van der Waals surface area contributed by atoms with Crippen molar-refractivity contribution in [1.82, 2.24) is 9.99 Å². The zero-order valence-corrected chi connectivity index (χ0v) is 13.5. The van der Waals surface area contributed by atoms with Crippen molar-refractivity contribution in [3.63, 3.8) is 0 Å². The van der Waals surface area contributed by atoms with E-state index in [-0.39, 0.29) is 11.3 Å². The van der Waals surface area contributed by atoms with Crippen LogP contribution in [-0.4, -0.2) is 21.6 Å². The van der Waals surface area contributed by atoms with E-state index in [2.05, 4.69) is 15.1 Å². The molecule has 0 spiro atoms. The van der Waals surface area contributed by atoms with Gasteiger partial charge in [-0.15, -0.1) is 0 Å². The fourth-order valence-electron chi connectivity index (χ4n) is 2.69. The molecule has 7 nitrogen and oxygen atoms in total. The molecule has 0 radical (unpaired) electrons. The highest BCUT2D eigenvalue weighted by Gasteiger charge is 2.18. The molecule has 3 rings (SSSR count). The Morgan fingerprint density at radius 3 is 2.72 bits per heavy atom. The van der Waals surface area contributed by atoms with Crippen LogP contribution in [-0.2, 0) is 6.54 Å². The first-order chi connectivity index (χ1) is 12.1. The van der Waals surface area contributed by atoms with Gasteiger partial charge in [0.1, 0.15) is 5.56 Å². The normalized spacial score (nSPS) is 11.1. The lowest BCUT2D eigenvalue weighted by Crippen LogP contribution is -2.18. The number of nitro benzene ring substituents is 1. The number of rotatable bonds is 5. The summed E-state index contributed by atoms with van der Waals surface area (Å²) in [6.45, 7) is 2.86. The number of carbonyl (C=O) groups is 1. The number of amides is 1. The van der Waals surface area contributed by atoms with Crippen LogP contribution in [0.25, 0.3) is 10.9 Å². The predicted molar refractivity (Wildman–Crippen MR) is 95.8 cm³/mol. The molecule has 1 heterocycles. The van der Waals surface area contributed by atoms with Crippen molar-refractivity contribution >= 4 is 28.7 Å². The first-order valence-electron chi connectivity index (χ1n) is 7.76. The lowest BCUT2D eigenvalue weighted by atomic mass is 10.2. The molecule has 1 N–H and O–H groups in total. The van der Waals surface area contributed by atoms with Crippen LogP contribution in [0.1, 0.15) is 22.8 Å². The molecular weight excluding hydrogens is 320 g/mol. The highest BCUT2D eigenvalue weighted by atomic mass is 16.6. The summed E-state index contributed by atoms with van der Waals surface area (Å²) >= 11 is 0. The molecule has 0 atom stereocenters. The number of nitrogens with one attached hydrogen (secondary N) is 1. The van der Waals surface area contributed by atoms with E-state index in [1.165, 1.54) is 18.2 Å². The fourth-order valence-corrected chi connectivity index (χ4v) is 2.69.